The number of benzene rings is 1. The summed E-state index contributed by atoms with van der Waals surface area (Å²) in [5, 5.41) is 17.4. The summed E-state index contributed by atoms with van der Waals surface area (Å²) in [5.41, 5.74) is 1.09. The number of H-pyrrole nitrogens is 2. The monoisotopic (exact) mass is 271 g/mol. The number of carboxylic acid groups (broad SMARTS) is 1. The number of fused-ring (bicyclic) bond motifs is 3. The van der Waals surface area contributed by atoms with Crippen LogP contribution in [-0.2, 0) is 4.79 Å². The normalized spacial score (nSPS) is 12.8. The van der Waals surface area contributed by atoms with Gasteiger partial charge in [0.1, 0.15) is 0 Å². The molecule has 102 valence electrons. The molecule has 2 heterocycles. The van der Waals surface area contributed by atoms with Gasteiger partial charge in [0.25, 0.3) is 5.56 Å². The lowest BCUT2D eigenvalue weighted by atomic mass is 9.97. The first-order valence-corrected chi connectivity index (χ1v) is 6.35. The third-order valence-electron chi connectivity index (χ3n) is 3.51. The average Bonchev–Trinajstić information content (AvgIpc) is 2.85. The second-order valence-corrected chi connectivity index (χ2v) is 4.66. The van der Waals surface area contributed by atoms with E-state index in [1.165, 1.54) is 0 Å². The summed E-state index contributed by atoms with van der Waals surface area (Å²) in [6.45, 7) is 1.79. The molecule has 0 aliphatic rings. The van der Waals surface area contributed by atoms with Gasteiger partial charge in [0.05, 0.1) is 11.6 Å². The number of carboxylic acids is 1. The number of aromatic nitrogens is 3. The Hall–Kier alpha value is -2.63. The minimum Gasteiger partial charge on any atom is -0.481 e. The maximum atomic E-state index is 12.0. The Kier molecular flexibility index (Phi) is 2.78. The van der Waals surface area contributed by atoms with Crippen LogP contribution in [0.2, 0.25) is 0 Å². The van der Waals surface area contributed by atoms with E-state index in [1.54, 1.807) is 13.0 Å². The van der Waals surface area contributed by atoms with E-state index in [1.807, 2.05) is 18.2 Å². The predicted octanol–water partition coefficient (Wildman–Crippen LogP) is 1.98. The van der Waals surface area contributed by atoms with Crippen LogP contribution in [0.15, 0.2) is 29.1 Å². The third-order valence-corrected chi connectivity index (χ3v) is 3.51. The van der Waals surface area contributed by atoms with Crippen molar-refractivity contribution in [3.05, 3.63) is 40.3 Å². The zero-order valence-corrected chi connectivity index (χ0v) is 10.8. The van der Waals surface area contributed by atoms with E-state index in [9.17, 15) is 14.7 Å². The zero-order valence-electron chi connectivity index (χ0n) is 10.8. The molecule has 6 nitrogen and oxygen atoms in total. The predicted molar refractivity (Wildman–Crippen MR) is 74.9 cm³/mol. The van der Waals surface area contributed by atoms with Crippen molar-refractivity contribution < 1.29 is 9.90 Å². The Morgan fingerprint density at radius 2 is 2.15 bits per heavy atom. The molecule has 3 N–H and O–H groups in total. The van der Waals surface area contributed by atoms with Gasteiger partial charge in [-0.25, -0.2) is 0 Å². The van der Waals surface area contributed by atoms with Gasteiger partial charge in [-0.3, -0.25) is 14.7 Å². The quantitative estimate of drug-likeness (QED) is 0.678. The standard InChI is InChI=1S/C14H13N3O3/c1-2-7(14(19)20)11-10-8-5-3-4-6-9(8)15-13(18)12(10)17-16-11/h3-7H,2H2,1H3,(H,15,18)(H,16,17)(H,19,20). The molecule has 0 fully saturated rings. The van der Waals surface area contributed by atoms with E-state index >= 15 is 0 Å². The number of nitrogens with one attached hydrogen (secondary N) is 2. The number of aliphatic carboxylic acids is 1. The van der Waals surface area contributed by atoms with Crippen molar-refractivity contribution >= 4 is 27.8 Å². The molecule has 0 amide bonds. The number of para-hydroxylation sites is 1. The molecule has 0 aliphatic heterocycles. The van der Waals surface area contributed by atoms with E-state index in [4.69, 9.17) is 0 Å². The highest BCUT2D eigenvalue weighted by Crippen LogP contribution is 2.29. The molecule has 0 spiro atoms. The molecule has 6 heteroatoms. The second-order valence-electron chi connectivity index (χ2n) is 4.66. The largest absolute Gasteiger partial charge is 0.481 e. The Morgan fingerprint density at radius 3 is 2.85 bits per heavy atom. The van der Waals surface area contributed by atoms with Crippen LogP contribution in [-0.4, -0.2) is 26.3 Å². The first-order chi connectivity index (χ1) is 9.63. The Morgan fingerprint density at radius 1 is 1.40 bits per heavy atom. The summed E-state index contributed by atoms with van der Waals surface area (Å²) in [5.74, 6) is -1.63. The van der Waals surface area contributed by atoms with Crippen molar-refractivity contribution in [1.82, 2.24) is 15.2 Å². The lowest BCUT2D eigenvalue weighted by Crippen LogP contribution is -2.12. The van der Waals surface area contributed by atoms with Gasteiger partial charge in [0.2, 0.25) is 0 Å². The van der Waals surface area contributed by atoms with Crippen molar-refractivity contribution in [3.8, 4) is 0 Å². The highest BCUT2D eigenvalue weighted by atomic mass is 16.4. The van der Waals surface area contributed by atoms with E-state index in [2.05, 4.69) is 15.2 Å². The maximum absolute atomic E-state index is 12.0. The molecule has 2 aromatic heterocycles. The molecule has 0 saturated heterocycles. The Labute approximate surface area is 113 Å². The molecule has 1 unspecified atom stereocenters. The molecule has 0 radical (unpaired) electrons. The number of rotatable bonds is 3. The number of aromatic amines is 2. The van der Waals surface area contributed by atoms with Crippen molar-refractivity contribution in [2.24, 2.45) is 0 Å². The number of carbonyl (C=O) groups is 1. The van der Waals surface area contributed by atoms with Gasteiger partial charge in [0, 0.05) is 16.3 Å². The van der Waals surface area contributed by atoms with Crippen LogP contribution in [0.5, 0.6) is 0 Å². The Bertz CT molecular complexity index is 863. The van der Waals surface area contributed by atoms with Crippen molar-refractivity contribution in [2.75, 3.05) is 0 Å². The molecular formula is C14H13N3O3. The molecule has 1 aromatic carbocycles. The van der Waals surface area contributed by atoms with E-state index in [-0.39, 0.29) is 11.1 Å². The lowest BCUT2D eigenvalue weighted by molar-refractivity contribution is -0.138. The number of hydrogen-bond acceptors (Lipinski definition) is 3. The van der Waals surface area contributed by atoms with Gasteiger partial charge < -0.3 is 10.1 Å². The van der Waals surface area contributed by atoms with Gasteiger partial charge in [0.15, 0.2) is 5.52 Å². The summed E-state index contributed by atoms with van der Waals surface area (Å²) in [6.07, 6.45) is 0.424. The Balaban J connectivity index is 2.46. The number of pyridine rings is 1. The van der Waals surface area contributed by atoms with E-state index < -0.39 is 11.9 Å². The molecular weight excluding hydrogens is 258 g/mol. The fourth-order valence-electron chi connectivity index (χ4n) is 2.54. The smallest absolute Gasteiger partial charge is 0.312 e. The van der Waals surface area contributed by atoms with Gasteiger partial charge in [-0.1, -0.05) is 25.1 Å². The third kappa shape index (κ3) is 1.69. The fraction of sp³-hybridized carbons (Fsp3) is 0.214. The van der Waals surface area contributed by atoms with Crippen molar-refractivity contribution in [3.63, 3.8) is 0 Å². The molecule has 0 aliphatic carbocycles. The molecule has 0 saturated carbocycles. The lowest BCUT2D eigenvalue weighted by Gasteiger charge is -2.08. The molecule has 20 heavy (non-hydrogen) atoms. The van der Waals surface area contributed by atoms with Gasteiger partial charge >= 0.3 is 5.97 Å². The summed E-state index contributed by atoms with van der Waals surface area (Å²) in [7, 11) is 0. The minimum absolute atomic E-state index is 0.249. The summed E-state index contributed by atoms with van der Waals surface area (Å²) >= 11 is 0. The van der Waals surface area contributed by atoms with Crippen molar-refractivity contribution in [1.29, 1.82) is 0 Å². The average molecular weight is 271 g/mol. The van der Waals surface area contributed by atoms with Crippen LogP contribution in [0.25, 0.3) is 21.8 Å². The van der Waals surface area contributed by atoms with Crippen LogP contribution in [0, 0.1) is 0 Å². The van der Waals surface area contributed by atoms with Crippen LogP contribution in [0.3, 0.4) is 0 Å². The zero-order chi connectivity index (χ0) is 14.3. The summed E-state index contributed by atoms with van der Waals surface area (Å²) in [6, 6.07) is 7.30. The van der Waals surface area contributed by atoms with E-state index in [0.29, 0.717) is 23.0 Å². The highest BCUT2D eigenvalue weighted by Gasteiger charge is 2.24. The highest BCUT2D eigenvalue weighted by molar-refractivity contribution is 6.06. The number of hydrogen-bond donors (Lipinski definition) is 3. The second kappa shape index (κ2) is 4.48. The van der Waals surface area contributed by atoms with Crippen LogP contribution >= 0.6 is 0 Å². The SMILES string of the molecule is CCC(C(=O)O)c1[nH]nc2c(=O)[nH]c3ccccc3c12. The van der Waals surface area contributed by atoms with Gasteiger partial charge in [-0.05, 0) is 12.5 Å². The summed E-state index contributed by atoms with van der Waals surface area (Å²) in [4.78, 5) is 26.1. The van der Waals surface area contributed by atoms with Crippen LogP contribution in [0.4, 0.5) is 0 Å². The van der Waals surface area contributed by atoms with Crippen LogP contribution in [0.1, 0.15) is 25.0 Å². The number of nitrogens with zero attached hydrogens (tertiary/aromatic N) is 1. The molecule has 3 aromatic rings. The minimum atomic E-state index is -0.928. The first-order valence-electron chi connectivity index (χ1n) is 6.35. The van der Waals surface area contributed by atoms with Crippen molar-refractivity contribution in [2.45, 2.75) is 19.3 Å². The first kappa shape index (κ1) is 12.4. The maximum Gasteiger partial charge on any atom is 0.312 e. The van der Waals surface area contributed by atoms with Crippen LogP contribution < -0.4 is 5.56 Å². The molecule has 1 atom stereocenters. The van der Waals surface area contributed by atoms with E-state index in [0.717, 1.165) is 5.39 Å². The fourth-order valence-corrected chi connectivity index (χ4v) is 2.54. The molecule has 3 rings (SSSR count). The van der Waals surface area contributed by atoms with Gasteiger partial charge in [-0.2, -0.15) is 5.10 Å². The van der Waals surface area contributed by atoms with Gasteiger partial charge in [-0.15, -0.1) is 0 Å². The summed E-state index contributed by atoms with van der Waals surface area (Å²) < 4.78 is 0. The topological polar surface area (TPSA) is 98.8 Å². The molecule has 0 bridgehead atoms.